The smallest absolute Gasteiger partial charge is 0.230 e. The number of nitrogens with zero attached hydrogens (tertiary/aromatic N) is 2. The molecule has 80 valence electrons. The second kappa shape index (κ2) is 4.27. The lowest BCUT2D eigenvalue weighted by atomic mass is 10.4. The zero-order valence-corrected chi connectivity index (χ0v) is 8.78. The molecule has 15 heavy (non-hydrogen) atoms. The van der Waals surface area contributed by atoms with Gasteiger partial charge < -0.3 is 14.2 Å². The van der Waals surface area contributed by atoms with Gasteiger partial charge in [-0.25, -0.2) is 0 Å². The van der Waals surface area contributed by atoms with E-state index in [0.717, 1.165) is 11.5 Å². The van der Waals surface area contributed by atoms with Crippen molar-refractivity contribution in [2.75, 3.05) is 0 Å². The van der Waals surface area contributed by atoms with Crippen molar-refractivity contribution in [3.05, 3.63) is 35.4 Å². The lowest BCUT2D eigenvalue weighted by Crippen LogP contribution is -2.12. The van der Waals surface area contributed by atoms with Crippen LogP contribution in [0.2, 0.25) is 0 Å². The molecule has 0 radical (unpaired) electrons. The lowest BCUT2D eigenvalue weighted by Gasteiger charge is -1.97. The van der Waals surface area contributed by atoms with E-state index in [1.54, 1.807) is 6.92 Å². The number of hydrogen-bond acceptors (Lipinski definition) is 5. The monoisotopic (exact) mass is 207 g/mol. The van der Waals surface area contributed by atoms with Gasteiger partial charge in [-0.05, 0) is 19.1 Å². The molecule has 0 amide bonds. The Kier molecular flexibility index (Phi) is 2.82. The summed E-state index contributed by atoms with van der Waals surface area (Å²) in [5.74, 6) is 3.00. The fourth-order valence-electron chi connectivity index (χ4n) is 1.28. The van der Waals surface area contributed by atoms with Crippen LogP contribution in [0.4, 0.5) is 0 Å². The second-order valence-corrected chi connectivity index (χ2v) is 3.33. The van der Waals surface area contributed by atoms with Crippen LogP contribution >= 0.6 is 0 Å². The van der Waals surface area contributed by atoms with E-state index in [4.69, 9.17) is 8.83 Å². The Bertz CT molecular complexity index is 393. The minimum Gasteiger partial charge on any atom is -0.465 e. The molecule has 2 heterocycles. The minimum atomic E-state index is 0.556. The van der Waals surface area contributed by atoms with Crippen molar-refractivity contribution < 1.29 is 8.83 Å². The van der Waals surface area contributed by atoms with Gasteiger partial charge in [-0.15, -0.1) is 10.2 Å². The molecule has 2 aromatic rings. The molecule has 0 aliphatic heterocycles. The number of rotatable bonds is 4. The molecule has 0 saturated carbocycles. The topological polar surface area (TPSA) is 64.1 Å². The van der Waals surface area contributed by atoms with Crippen LogP contribution in [0.3, 0.4) is 0 Å². The molecule has 5 nitrogen and oxygen atoms in total. The molecule has 0 aliphatic carbocycles. The highest BCUT2D eigenvalue weighted by molar-refractivity contribution is 5.05. The maximum atomic E-state index is 5.40. The summed E-state index contributed by atoms with van der Waals surface area (Å²) in [6.45, 7) is 4.91. The van der Waals surface area contributed by atoms with Crippen molar-refractivity contribution >= 4 is 0 Å². The zero-order valence-electron chi connectivity index (χ0n) is 8.78. The van der Waals surface area contributed by atoms with Crippen LogP contribution in [-0.2, 0) is 13.1 Å². The first-order valence-corrected chi connectivity index (χ1v) is 4.79. The van der Waals surface area contributed by atoms with Gasteiger partial charge in [-0.2, -0.15) is 0 Å². The summed E-state index contributed by atoms with van der Waals surface area (Å²) in [6, 6.07) is 3.88. The van der Waals surface area contributed by atoms with Gasteiger partial charge in [0.1, 0.15) is 11.5 Å². The van der Waals surface area contributed by atoms with Crippen molar-refractivity contribution in [2.24, 2.45) is 0 Å². The van der Waals surface area contributed by atoms with Crippen LogP contribution < -0.4 is 5.32 Å². The van der Waals surface area contributed by atoms with Crippen LogP contribution in [-0.4, -0.2) is 10.2 Å². The molecular formula is C10H13N3O2. The SMILES string of the molecule is Cc1ccc(CNCc2nnc(C)o2)o1. The summed E-state index contributed by atoms with van der Waals surface area (Å²) >= 11 is 0. The van der Waals surface area contributed by atoms with E-state index < -0.39 is 0 Å². The largest absolute Gasteiger partial charge is 0.465 e. The molecule has 0 aromatic carbocycles. The van der Waals surface area contributed by atoms with E-state index in [1.807, 2.05) is 19.1 Å². The van der Waals surface area contributed by atoms with E-state index in [2.05, 4.69) is 15.5 Å². The highest BCUT2D eigenvalue weighted by Crippen LogP contribution is 2.05. The molecule has 0 fully saturated rings. The van der Waals surface area contributed by atoms with Crippen molar-refractivity contribution in [3.63, 3.8) is 0 Å². The fraction of sp³-hybridized carbons (Fsp3) is 0.400. The van der Waals surface area contributed by atoms with Gasteiger partial charge in [0.2, 0.25) is 11.8 Å². The summed E-state index contributed by atoms with van der Waals surface area (Å²) in [5.41, 5.74) is 0. The van der Waals surface area contributed by atoms with Gasteiger partial charge in [-0.1, -0.05) is 0 Å². The van der Waals surface area contributed by atoms with Gasteiger partial charge in [0, 0.05) is 6.92 Å². The maximum Gasteiger partial charge on any atom is 0.230 e. The average Bonchev–Trinajstić information content (AvgIpc) is 2.76. The quantitative estimate of drug-likeness (QED) is 0.824. The van der Waals surface area contributed by atoms with Crippen LogP contribution in [0, 0.1) is 13.8 Å². The molecule has 0 unspecified atom stereocenters. The van der Waals surface area contributed by atoms with Crippen molar-refractivity contribution in [3.8, 4) is 0 Å². The Balaban J connectivity index is 1.80. The molecular weight excluding hydrogens is 194 g/mol. The number of furan rings is 1. The first kappa shape index (κ1) is 9.92. The first-order valence-electron chi connectivity index (χ1n) is 4.79. The van der Waals surface area contributed by atoms with E-state index in [1.165, 1.54) is 0 Å². The molecule has 0 atom stereocenters. The third-order valence-corrected chi connectivity index (χ3v) is 1.94. The molecule has 1 N–H and O–H groups in total. The Morgan fingerprint density at radius 2 is 2.00 bits per heavy atom. The third kappa shape index (κ3) is 2.66. The van der Waals surface area contributed by atoms with Gasteiger partial charge in [0.25, 0.3) is 0 Å². The summed E-state index contributed by atoms with van der Waals surface area (Å²) in [4.78, 5) is 0. The Morgan fingerprint density at radius 1 is 1.13 bits per heavy atom. The fourth-order valence-corrected chi connectivity index (χ4v) is 1.28. The minimum absolute atomic E-state index is 0.556. The van der Waals surface area contributed by atoms with Gasteiger partial charge in [-0.3, -0.25) is 0 Å². The molecule has 0 aliphatic rings. The average molecular weight is 207 g/mol. The van der Waals surface area contributed by atoms with E-state index in [9.17, 15) is 0 Å². The van der Waals surface area contributed by atoms with E-state index in [-0.39, 0.29) is 0 Å². The molecule has 2 aromatic heterocycles. The van der Waals surface area contributed by atoms with Crippen molar-refractivity contribution in [2.45, 2.75) is 26.9 Å². The van der Waals surface area contributed by atoms with Crippen LogP contribution in [0.1, 0.15) is 23.3 Å². The van der Waals surface area contributed by atoms with E-state index in [0.29, 0.717) is 24.9 Å². The predicted octanol–water partition coefficient (Wildman–Crippen LogP) is 1.57. The van der Waals surface area contributed by atoms with Gasteiger partial charge >= 0.3 is 0 Å². The molecule has 0 spiro atoms. The van der Waals surface area contributed by atoms with Crippen molar-refractivity contribution in [1.82, 2.24) is 15.5 Å². The van der Waals surface area contributed by atoms with Gasteiger partial charge in [0.05, 0.1) is 13.1 Å². The highest BCUT2D eigenvalue weighted by Gasteiger charge is 2.02. The summed E-state index contributed by atoms with van der Waals surface area (Å²) in [7, 11) is 0. The highest BCUT2D eigenvalue weighted by atomic mass is 16.4. The normalized spacial score (nSPS) is 10.8. The van der Waals surface area contributed by atoms with Crippen molar-refractivity contribution in [1.29, 1.82) is 0 Å². The summed E-state index contributed by atoms with van der Waals surface area (Å²) in [5, 5.41) is 10.8. The predicted molar refractivity (Wildman–Crippen MR) is 53.0 cm³/mol. The van der Waals surface area contributed by atoms with E-state index >= 15 is 0 Å². The lowest BCUT2D eigenvalue weighted by molar-refractivity contribution is 0.424. The van der Waals surface area contributed by atoms with Crippen LogP contribution in [0.5, 0.6) is 0 Å². The number of nitrogens with one attached hydrogen (secondary N) is 1. The summed E-state index contributed by atoms with van der Waals surface area (Å²) < 4.78 is 10.6. The maximum absolute atomic E-state index is 5.40. The third-order valence-electron chi connectivity index (χ3n) is 1.94. The molecule has 0 bridgehead atoms. The Morgan fingerprint density at radius 3 is 2.60 bits per heavy atom. The Hall–Kier alpha value is -1.62. The molecule has 2 rings (SSSR count). The number of hydrogen-bond donors (Lipinski definition) is 1. The van der Waals surface area contributed by atoms with Crippen LogP contribution in [0.15, 0.2) is 21.0 Å². The van der Waals surface area contributed by atoms with Gasteiger partial charge in [0.15, 0.2) is 0 Å². The Labute approximate surface area is 87.5 Å². The number of aryl methyl sites for hydroxylation is 2. The number of aromatic nitrogens is 2. The van der Waals surface area contributed by atoms with Crippen LogP contribution in [0.25, 0.3) is 0 Å². The zero-order chi connectivity index (χ0) is 10.7. The second-order valence-electron chi connectivity index (χ2n) is 3.33. The molecule has 0 saturated heterocycles. The standard InChI is InChI=1S/C10H13N3O2/c1-7-3-4-9(14-7)5-11-6-10-13-12-8(2)15-10/h3-4,11H,5-6H2,1-2H3. The molecule has 5 heteroatoms. The summed E-state index contributed by atoms with van der Waals surface area (Å²) in [6.07, 6.45) is 0. The first-order chi connectivity index (χ1) is 7.24.